The number of benzene rings is 1. The Hall–Kier alpha value is -0.780. The average Bonchev–Trinajstić information content (AvgIpc) is 2.22. The number of halogens is 1. The molecule has 0 amide bonds. The Balaban J connectivity index is 2.70. The maximum atomic E-state index is 9.60. The zero-order chi connectivity index (χ0) is 12.1. The molecule has 16 heavy (non-hydrogen) atoms. The molecule has 3 N–H and O–H groups in total. The SMILES string of the molecule is COc1cc(CNC[C@@H](C)O)cc(Br)c1O. The van der Waals surface area contributed by atoms with E-state index in [0.29, 0.717) is 23.3 Å². The summed E-state index contributed by atoms with van der Waals surface area (Å²) in [6, 6.07) is 3.57. The van der Waals surface area contributed by atoms with E-state index in [1.54, 1.807) is 13.0 Å². The predicted octanol–water partition coefficient (Wildman–Crippen LogP) is 1.63. The lowest BCUT2D eigenvalue weighted by molar-refractivity contribution is 0.191. The predicted molar refractivity (Wildman–Crippen MR) is 65.7 cm³/mol. The molecular weight excluding hydrogens is 274 g/mol. The molecule has 0 saturated carbocycles. The molecule has 0 radical (unpaired) electrons. The molecule has 0 unspecified atom stereocenters. The van der Waals surface area contributed by atoms with Crippen LogP contribution in [0.25, 0.3) is 0 Å². The van der Waals surface area contributed by atoms with Crippen LogP contribution in [-0.4, -0.2) is 30.0 Å². The highest BCUT2D eigenvalue weighted by Crippen LogP contribution is 2.35. The summed E-state index contributed by atoms with van der Waals surface area (Å²) in [6.07, 6.45) is -0.373. The second-order valence-corrected chi connectivity index (χ2v) is 4.46. The maximum absolute atomic E-state index is 9.60. The molecule has 5 heteroatoms. The van der Waals surface area contributed by atoms with Gasteiger partial charge in [-0.3, -0.25) is 0 Å². The first kappa shape index (κ1) is 13.3. The van der Waals surface area contributed by atoms with Gasteiger partial charge in [-0.05, 0) is 40.5 Å². The Morgan fingerprint density at radius 3 is 2.75 bits per heavy atom. The molecule has 0 heterocycles. The van der Waals surface area contributed by atoms with Crippen molar-refractivity contribution < 1.29 is 14.9 Å². The van der Waals surface area contributed by atoms with E-state index in [0.717, 1.165) is 5.56 Å². The van der Waals surface area contributed by atoms with Crippen LogP contribution >= 0.6 is 15.9 Å². The van der Waals surface area contributed by atoms with Crippen LogP contribution in [0.3, 0.4) is 0 Å². The number of aliphatic hydroxyl groups is 1. The molecule has 4 nitrogen and oxygen atoms in total. The molecule has 1 aromatic carbocycles. The third kappa shape index (κ3) is 3.66. The number of methoxy groups -OCH3 is 1. The fraction of sp³-hybridized carbons (Fsp3) is 0.455. The standard InChI is InChI=1S/C11H16BrNO3/c1-7(14)5-13-6-8-3-9(12)11(15)10(4-8)16-2/h3-4,7,13-15H,5-6H2,1-2H3/t7-/m1/s1. The lowest BCUT2D eigenvalue weighted by Gasteiger charge is -2.10. The van der Waals surface area contributed by atoms with E-state index < -0.39 is 0 Å². The number of phenolic OH excluding ortho intramolecular Hbond substituents is 1. The lowest BCUT2D eigenvalue weighted by Crippen LogP contribution is -2.23. The number of hydrogen-bond acceptors (Lipinski definition) is 4. The van der Waals surface area contributed by atoms with Crippen LogP contribution in [-0.2, 0) is 6.54 Å². The molecule has 1 aromatic rings. The quantitative estimate of drug-likeness (QED) is 0.771. The van der Waals surface area contributed by atoms with E-state index in [-0.39, 0.29) is 11.9 Å². The number of nitrogens with one attached hydrogen (secondary N) is 1. The van der Waals surface area contributed by atoms with Crippen molar-refractivity contribution in [2.24, 2.45) is 0 Å². The second-order valence-electron chi connectivity index (χ2n) is 3.61. The average molecular weight is 290 g/mol. The number of hydrogen-bond donors (Lipinski definition) is 3. The summed E-state index contributed by atoms with van der Waals surface area (Å²) in [6.45, 7) is 2.86. The summed E-state index contributed by atoms with van der Waals surface area (Å²) in [5.74, 6) is 0.532. The van der Waals surface area contributed by atoms with Gasteiger partial charge in [-0.2, -0.15) is 0 Å². The van der Waals surface area contributed by atoms with Crippen LogP contribution in [0.15, 0.2) is 16.6 Å². The van der Waals surface area contributed by atoms with Crippen LogP contribution in [0.4, 0.5) is 0 Å². The Kier molecular flexibility index (Phi) is 5.05. The molecule has 1 atom stereocenters. The molecule has 0 saturated heterocycles. The summed E-state index contributed by atoms with van der Waals surface area (Å²) in [4.78, 5) is 0. The van der Waals surface area contributed by atoms with Gasteiger partial charge in [0.2, 0.25) is 0 Å². The van der Waals surface area contributed by atoms with Crippen LogP contribution < -0.4 is 10.1 Å². The second kappa shape index (κ2) is 6.08. The zero-order valence-corrected chi connectivity index (χ0v) is 10.9. The largest absolute Gasteiger partial charge is 0.503 e. The molecule has 0 spiro atoms. The van der Waals surface area contributed by atoms with E-state index >= 15 is 0 Å². The third-order valence-electron chi connectivity index (χ3n) is 2.08. The Morgan fingerprint density at radius 2 is 2.19 bits per heavy atom. The van der Waals surface area contributed by atoms with Crippen molar-refractivity contribution in [1.29, 1.82) is 0 Å². The van der Waals surface area contributed by atoms with Gasteiger partial charge in [0.15, 0.2) is 11.5 Å². The van der Waals surface area contributed by atoms with Crippen molar-refractivity contribution in [1.82, 2.24) is 5.32 Å². The molecule has 0 aliphatic rings. The summed E-state index contributed by atoms with van der Waals surface area (Å²) < 4.78 is 5.63. The van der Waals surface area contributed by atoms with E-state index in [1.807, 2.05) is 6.07 Å². The van der Waals surface area contributed by atoms with Gasteiger partial charge in [0.05, 0.1) is 17.7 Å². The Morgan fingerprint density at radius 1 is 1.50 bits per heavy atom. The molecule has 0 aliphatic heterocycles. The normalized spacial score (nSPS) is 12.5. The lowest BCUT2D eigenvalue weighted by atomic mass is 10.2. The fourth-order valence-corrected chi connectivity index (χ4v) is 1.80. The summed E-state index contributed by atoms with van der Waals surface area (Å²) in [5, 5.41) is 21.8. The van der Waals surface area contributed by atoms with Crippen LogP contribution in [0.5, 0.6) is 11.5 Å². The molecule has 0 aromatic heterocycles. The number of aromatic hydroxyl groups is 1. The first-order valence-electron chi connectivity index (χ1n) is 4.98. The van der Waals surface area contributed by atoms with E-state index in [1.165, 1.54) is 7.11 Å². The smallest absolute Gasteiger partial charge is 0.172 e. The van der Waals surface area contributed by atoms with Gasteiger partial charge in [-0.25, -0.2) is 0 Å². The molecule has 0 bridgehead atoms. The molecule has 90 valence electrons. The zero-order valence-electron chi connectivity index (χ0n) is 9.33. The van der Waals surface area contributed by atoms with Gasteiger partial charge in [-0.15, -0.1) is 0 Å². The summed E-state index contributed by atoms with van der Waals surface area (Å²) in [5.41, 5.74) is 0.974. The van der Waals surface area contributed by atoms with Gasteiger partial charge in [0.25, 0.3) is 0 Å². The topological polar surface area (TPSA) is 61.7 Å². The van der Waals surface area contributed by atoms with E-state index in [9.17, 15) is 5.11 Å². The highest BCUT2D eigenvalue weighted by Gasteiger charge is 2.08. The maximum Gasteiger partial charge on any atom is 0.172 e. The van der Waals surface area contributed by atoms with E-state index in [2.05, 4.69) is 21.2 Å². The van der Waals surface area contributed by atoms with Crippen molar-refractivity contribution in [3.63, 3.8) is 0 Å². The first-order chi connectivity index (χ1) is 7.54. The molecule has 0 fully saturated rings. The Bertz CT molecular complexity index is 355. The number of rotatable bonds is 5. The number of ether oxygens (including phenoxy) is 1. The van der Waals surface area contributed by atoms with Crippen LogP contribution in [0, 0.1) is 0 Å². The third-order valence-corrected chi connectivity index (χ3v) is 2.68. The minimum absolute atomic E-state index is 0.0989. The minimum atomic E-state index is -0.373. The number of phenols is 1. The van der Waals surface area contributed by atoms with Crippen molar-refractivity contribution >= 4 is 15.9 Å². The van der Waals surface area contributed by atoms with Crippen molar-refractivity contribution in [3.05, 3.63) is 22.2 Å². The molecule has 1 rings (SSSR count). The Labute approximate surface area is 103 Å². The highest BCUT2D eigenvalue weighted by atomic mass is 79.9. The minimum Gasteiger partial charge on any atom is -0.503 e. The molecular formula is C11H16BrNO3. The van der Waals surface area contributed by atoms with Gasteiger partial charge >= 0.3 is 0 Å². The van der Waals surface area contributed by atoms with Gasteiger partial charge in [-0.1, -0.05) is 0 Å². The fourth-order valence-electron chi connectivity index (χ4n) is 1.31. The van der Waals surface area contributed by atoms with Crippen molar-refractivity contribution in [2.75, 3.05) is 13.7 Å². The van der Waals surface area contributed by atoms with Crippen LogP contribution in [0.1, 0.15) is 12.5 Å². The van der Waals surface area contributed by atoms with Gasteiger partial charge in [0.1, 0.15) is 0 Å². The summed E-state index contributed by atoms with van der Waals surface area (Å²) in [7, 11) is 1.51. The monoisotopic (exact) mass is 289 g/mol. The van der Waals surface area contributed by atoms with Gasteiger partial charge in [0, 0.05) is 13.1 Å². The highest BCUT2D eigenvalue weighted by molar-refractivity contribution is 9.10. The van der Waals surface area contributed by atoms with E-state index in [4.69, 9.17) is 9.84 Å². The van der Waals surface area contributed by atoms with Crippen molar-refractivity contribution in [3.8, 4) is 11.5 Å². The summed E-state index contributed by atoms with van der Waals surface area (Å²) >= 11 is 3.25. The van der Waals surface area contributed by atoms with Crippen LogP contribution in [0.2, 0.25) is 0 Å². The molecule has 0 aliphatic carbocycles. The van der Waals surface area contributed by atoms with Gasteiger partial charge < -0.3 is 20.3 Å². The van der Waals surface area contributed by atoms with Crippen molar-refractivity contribution in [2.45, 2.75) is 19.6 Å². The first-order valence-corrected chi connectivity index (χ1v) is 5.78. The number of aliphatic hydroxyl groups excluding tert-OH is 1.